The van der Waals surface area contributed by atoms with Crippen molar-refractivity contribution in [2.24, 2.45) is 0 Å². The zero-order valence-electron chi connectivity index (χ0n) is 10.6. The summed E-state index contributed by atoms with van der Waals surface area (Å²) in [4.78, 5) is 11.8. The molecule has 2 rings (SSSR count). The van der Waals surface area contributed by atoms with Crippen molar-refractivity contribution in [1.29, 1.82) is 0 Å². The average molecular weight is 283 g/mol. The van der Waals surface area contributed by atoms with E-state index in [4.69, 9.17) is 20.9 Å². The van der Waals surface area contributed by atoms with Crippen molar-refractivity contribution in [2.45, 2.75) is 11.8 Å². The second kappa shape index (κ2) is 6.54. The lowest BCUT2D eigenvalue weighted by molar-refractivity contribution is -0.120. The van der Waals surface area contributed by atoms with Crippen LogP contribution in [0.2, 0.25) is 0 Å². The lowest BCUT2D eigenvalue weighted by Crippen LogP contribution is -2.32. The van der Waals surface area contributed by atoms with Crippen LogP contribution in [0.3, 0.4) is 0 Å². The lowest BCUT2D eigenvalue weighted by atomic mass is 10.1. The summed E-state index contributed by atoms with van der Waals surface area (Å²) in [7, 11) is 1.57. The van der Waals surface area contributed by atoms with Gasteiger partial charge in [-0.3, -0.25) is 4.79 Å². The number of rotatable bonds is 6. The number of alkyl halides is 1. The zero-order chi connectivity index (χ0) is 13.7. The van der Waals surface area contributed by atoms with Crippen LogP contribution in [-0.4, -0.2) is 36.7 Å². The van der Waals surface area contributed by atoms with Gasteiger partial charge >= 0.3 is 0 Å². The Morgan fingerprint density at radius 1 is 1.53 bits per heavy atom. The molecular weight excluding hydrogens is 268 g/mol. The maximum atomic E-state index is 11.8. The second-order valence-corrected chi connectivity index (χ2v) is 4.78. The number of amides is 1. The predicted octanol–water partition coefficient (Wildman–Crippen LogP) is 1.74. The summed E-state index contributed by atoms with van der Waals surface area (Å²) in [5.74, 6) is -0.138. The number of aromatic nitrogens is 1. The number of carbonyl (C=O) groups excluding carboxylic acids is 1. The second-order valence-electron chi connectivity index (χ2n) is 4.16. The SMILES string of the molecule is COCC(Cl)CNC(=O)Cc1noc2ccccc12. The van der Waals surface area contributed by atoms with Crippen LogP contribution < -0.4 is 5.32 Å². The van der Waals surface area contributed by atoms with Gasteiger partial charge in [0.15, 0.2) is 5.58 Å². The van der Waals surface area contributed by atoms with E-state index >= 15 is 0 Å². The van der Waals surface area contributed by atoms with Crippen molar-refractivity contribution in [3.8, 4) is 0 Å². The number of methoxy groups -OCH3 is 1. The van der Waals surface area contributed by atoms with Crippen LogP contribution in [0.25, 0.3) is 11.0 Å². The first-order chi connectivity index (χ1) is 9.20. The fraction of sp³-hybridized carbons (Fsp3) is 0.385. The van der Waals surface area contributed by atoms with Crippen LogP contribution >= 0.6 is 11.6 Å². The van der Waals surface area contributed by atoms with Gasteiger partial charge in [0.2, 0.25) is 5.91 Å². The van der Waals surface area contributed by atoms with Gasteiger partial charge < -0.3 is 14.6 Å². The molecule has 1 aromatic carbocycles. The highest BCUT2D eigenvalue weighted by atomic mass is 35.5. The summed E-state index contributed by atoms with van der Waals surface area (Å²) in [6, 6.07) is 7.44. The molecule has 1 N–H and O–H groups in total. The van der Waals surface area contributed by atoms with Gasteiger partial charge in [-0.1, -0.05) is 17.3 Å². The van der Waals surface area contributed by atoms with Crippen LogP contribution in [-0.2, 0) is 16.0 Å². The molecule has 0 aliphatic heterocycles. The molecule has 6 heteroatoms. The molecule has 1 atom stereocenters. The third-order valence-corrected chi connectivity index (χ3v) is 2.93. The summed E-state index contributed by atoms with van der Waals surface area (Å²) < 4.78 is 10.0. The first-order valence-electron chi connectivity index (χ1n) is 5.93. The van der Waals surface area contributed by atoms with Crippen molar-refractivity contribution in [3.63, 3.8) is 0 Å². The minimum Gasteiger partial charge on any atom is -0.383 e. The maximum absolute atomic E-state index is 11.8. The largest absolute Gasteiger partial charge is 0.383 e. The molecule has 0 saturated carbocycles. The Hall–Kier alpha value is -1.59. The third-order valence-electron chi connectivity index (χ3n) is 2.65. The highest BCUT2D eigenvalue weighted by molar-refractivity contribution is 6.21. The molecule has 0 saturated heterocycles. The molecule has 102 valence electrons. The van der Waals surface area contributed by atoms with Gasteiger partial charge in [-0.25, -0.2) is 0 Å². The Labute approximate surface area is 115 Å². The first kappa shape index (κ1) is 13.8. The number of hydrogen-bond acceptors (Lipinski definition) is 4. The van der Waals surface area contributed by atoms with Crippen LogP contribution in [0.1, 0.15) is 5.69 Å². The molecule has 5 nitrogen and oxygen atoms in total. The van der Waals surface area contributed by atoms with E-state index in [1.165, 1.54) is 0 Å². The Bertz CT molecular complexity index is 556. The number of ether oxygens (including phenoxy) is 1. The van der Waals surface area contributed by atoms with Crippen LogP contribution in [0.15, 0.2) is 28.8 Å². The predicted molar refractivity (Wildman–Crippen MR) is 72.2 cm³/mol. The maximum Gasteiger partial charge on any atom is 0.226 e. The van der Waals surface area contributed by atoms with E-state index in [9.17, 15) is 4.79 Å². The van der Waals surface area contributed by atoms with Gasteiger partial charge in [0, 0.05) is 19.0 Å². The monoisotopic (exact) mass is 282 g/mol. The van der Waals surface area contributed by atoms with Gasteiger partial charge in [-0.05, 0) is 12.1 Å². The Kier molecular flexibility index (Phi) is 4.76. The van der Waals surface area contributed by atoms with E-state index in [0.717, 1.165) is 5.39 Å². The summed E-state index contributed by atoms with van der Waals surface area (Å²) >= 11 is 5.93. The number of halogens is 1. The van der Waals surface area contributed by atoms with Crippen molar-refractivity contribution in [1.82, 2.24) is 10.5 Å². The van der Waals surface area contributed by atoms with Crippen LogP contribution in [0.4, 0.5) is 0 Å². The molecule has 1 amide bonds. The van der Waals surface area contributed by atoms with E-state index in [1.54, 1.807) is 7.11 Å². The molecule has 2 aromatic rings. The van der Waals surface area contributed by atoms with Crippen LogP contribution in [0, 0.1) is 0 Å². The number of hydrogen-bond donors (Lipinski definition) is 1. The minimum absolute atomic E-state index is 0.138. The normalized spacial score (nSPS) is 12.5. The fourth-order valence-electron chi connectivity index (χ4n) is 1.74. The quantitative estimate of drug-likeness (QED) is 0.820. The van der Waals surface area contributed by atoms with Crippen molar-refractivity contribution < 1.29 is 14.1 Å². The molecular formula is C13H15ClN2O3. The minimum atomic E-state index is -0.233. The molecule has 1 aromatic heterocycles. The van der Waals surface area contributed by atoms with Crippen molar-refractivity contribution in [2.75, 3.05) is 20.3 Å². The van der Waals surface area contributed by atoms with Gasteiger partial charge in [0.1, 0.15) is 5.69 Å². The average Bonchev–Trinajstić information content (AvgIpc) is 2.80. The summed E-state index contributed by atoms with van der Waals surface area (Å²) in [6.45, 7) is 0.763. The molecule has 0 aliphatic rings. The van der Waals surface area contributed by atoms with Crippen molar-refractivity contribution in [3.05, 3.63) is 30.0 Å². The molecule has 1 heterocycles. The molecule has 0 spiro atoms. The Morgan fingerprint density at radius 3 is 3.11 bits per heavy atom. The van der Waals surface area contributed by atoms with E-state index < -0.39 is 0 Å². The number of nitrogens with one attached hydrogen (secondary N) is 1. The Balaban J connectivity index is 1.92. The molecule has 0 radical (unpaired) electrons. The lowest BCUT2D eigenvalue weighted by Gasteiger charge is -2.09. The van der Waals surface area contributed by atoms with Crippen LogP contribution in [0.5, 0.6) is 0 Å². The summed E-state index contributed by atoms with van der Waals surface area (Å²) in [6.07, 6.45) is 0.174. The first-order valence-corrected chi connectivity index (χ1v) is 6.37. The zero-order valence-corrected chi connectivity index (χ0v) is 11.3. The molecule has 1 unspecified atom stereocenters. The number of fused-ring (bicyclic) bond motifs is 1. The van der Waals surface area contributed by atoms with E-state index in [2.05, 4.69) is 10.5 Å². The molecule has 0 aliphatic carbocycles. The fourth-order valence-corrected chi connectivity index (χ4v) is 1.95. The van der Waals surface area contributed by atoms with Gasteiger partial charge in [0.05, 0.1) is 18.4 Å². The van der Waals surface area contributed by atoms with E-state index in [1.807, 2.05) is 24.3 Å². The Morgan fingerprint density at radius 2 is 2.32 bits per heavy atom. The summed E-state index contributed by atoms with van der Waals surface area (Å²) in [5.41, 5.74) is 1.31. The van der Waals surface area contributed by atoms with Crippen molar-refractivity contribution >= 4 is 28.5 Å². The standard InChI is InChI=1S/C13H15ClN2O3/c1-18-8-9(14)7-15-13(17)6-11-10-4-2-3-5-12(10)19-16-11/h2-5,9H,6-8H2,1H3,(H,15,17). The third kappa shape index (κ3) is 3.68. The number of para-hydroxylation sites is 1. The number of carbonyl (C=O) groups is 1. The molecule has 0 bridgehead atoms. The molecule has 19 heavy (non-hydrogen) atoms. The highest BCUT2D eigenvalue weighted by Crippen LogP contribution is 2.17. The van der Waals surface area contributed by atoms with Gasteiger partial charge in [-0.2, -0.15) is 0 Å². The van der Waals surface area contributed by atoms with E-state index in [-0.39, 0.29) is 17.7 Å². The van der Waals surface area contributed by atoms with Gasteiger partial charge in [-0.15, -0.1) is 11.6 Å². The highest BCUT2D eigenvalue weighted by Gasteiger charge is 2.13. The smallest absolute Gasteiger partial charge is 0.226 e. The number of benzene rings is 1. The topological polar surface area (TPSA) is 64.4 Å². The van der Waals surface area contributed by atoms with E-state index in [0.29, 0.717) is 24.4 Å². The summed E-state index contributed by atoms with van der Waals surface area (Å²) in [5, 5.41) is 7.27. The number of nitrogens with zero attached hydrogens (tertiary/aromatic N) is 1. The molecule has 0 fully saturated rings. The van der Waals surface area contributed by atoms with Gasteiger partial charge in [0.25, 0.3) is 0 Å².